The molecule has 1 atom stereocenters. The highest BCUT2D eigenvalue weighted by Crippen LogP contribution is 2.16. The van der Waals surface area contributed by atoms with E-state index in [1.54, 1.807) is 29.1 Å². The topological polar surface area (TPSA) is 73.0 Å². The molecule has 0 aliphatic carbocycles. The lowest BCUT2D eigenvalue weighted by molar-refractivity contribution is 0.0935. The number of nitrogens with zero attached hydrogens (tertiary/aromatic N) is 3. The molecule has 108 valence electrons. The Morgan fingerprint density at radius 3 is 3.00 bits per heavy atom. The van der Waals surface area contributed by atoms with E-state index in [2.05, 4.69) is 15.6 Å². The first-order valence-electron chi connectivity index (χ1n) is 6.86. The molecule has 0 spiro atoms. The highest BCUT2D eigenvalue weighted by molar-refractivity contribution is 5.97. The Labute approximate surface area is 121 Å². The Balaban J connectivity index is 1.81. The molecule has 6 heteroatoms. The maximum Gasteiger partial charge on any atom is 0.251 e. The Bertz CT molecular complexity index is 761. The minimum Gasteiger partial charge on any atom is -0.467 e. The predicted octanol–water partition coefficient (Wildman–Crippen LogP) is 2.54. The van der Waals surface area contributed by atoms with E-state index in [1.807, 2.05) is 26.0 Å². The number of fused-ring (bicyclic) bond motifs is 1. The zero-order chi connectivity index (χ0) is 14.8. The van der Waals surface area contributed by atoms with Crippen LogP contribution in [0.4, 0.5) is 0 Å². The summed E-state index contributed by atoms with van der Waals surface area (Å²) in [4.78, 5) is 12.3. The summed E-state index contributed by atoms with van der Waals surface area (Å²) < 4.78 is 7.07. The Morgan fingerprint density at radius 2 is 2.29 bits per heavy atom. The lowest BCUT2D eigenvalue weighted by atomic mass is 10.1. The van der Waals surface area contributed by atoms with E-state index in [0.717, 1.165) is 23.3 Å². The molecule has 0 aliphatic heterocycles. The van der Waals surface area contributed by atoms with Crippen LogP contribution in [0.2, 0.25) is 0 Å². The maximum absolute atomic E-state index is 12.3. The van der Waals surface area contributed by atoms with E-state index in [0.29, 0.717) is 5.56 Å². The van der Waals surface area contributed by atoms with Crippen molar-refractivity contribution in [1.29, 1.82) is 0 Å². The van der Waals surface area contributed by atoms with E-state index in [1.165, 1.54) is 0 Å². The standard InChI is InChI=1S/C15H16N4O2/c1-3-19-13-7-6-11(9-12(13)17-18-19)15(20)16-10(2)14-5-4-8-21-14/h4-10H,3H2,1-2H3,(H,16,20). The van der Waals surface area contributed by atoms with Crippen molar-refractivity contribution in [2.24, 2.45) is 0 Å². The summed E-state index contributed by atoms with van der Waals surface area (Å²) in [5, 5.41) is 11.0. The van der Waals surface area contributed by atoms with Crippen molar-refractivity contribution >= 4 is 16.9 Å². The van der Waals surface area contributed by atoms with Gasteiger partial charge in [0.05, 0.1) is 17.8 Å². The van der Waals surface area contributed by atoms with Crippen LogP contribution >= 0.6 is 0 Å². The van der Waals surface area contributed by atoms with Crippen LogP contribution in [-0.2, 0) is 6.54 Å². The first kappa shape index (κ1) is 13.4. The zero-order valence-electron chi connectivity index (χ0n) is 11.9. The van der Waals surface area contributed by atoms with Gasteiger partial charge in [0, 0.05) is 12.1 Å². The van der Waals surface area contributed by atoms with Crippen molar-refractivity contribution in [1.82, 2.24) is 20.3 Å². The van der Waals surface area contributed by atoms with Gasteiger partial charge in [-0.1, -0.05) is 5.21 Å². The van der Waals surface area contributed by atoms with Gasteiger partial charge in [0.1, 0.15) is 11.3 Å². The molecule has 0 saturated heterocycles. The number of aryl methyl sites for hydroxylation is 1. The number of hydrogen-bond acceptors (Lipinski definition) is 4. The minimum absolute atomic E-state index is 0.160. The molecule has 0 bridgehead atoms. The molecule has 0 radical (unpaired) electrons. The molecule has 1 amide bonds. The van der Waals surface area contributed by atoms with Crippen molar-refractivity contribution in [3.05, 3.63) is 47.9 Å². The van der Waals surface area contributed by atoms with Gasteiger partial charge in [0.15, 0.2) is 0 Å². The lowest BCUT2D eigenvalue weighted by Gasteiger charge is -2.11. The number of carbonyl (C=O) groups is 1. The summed E-state index contributed by atoms with van der Waals surface area (Å²) in [6.07, 6.45) is 1.59. The van der Waals surface area contributed by atoms with E-state index in [-0.39, 0.29) is 11.9 Å². The number of carbonyl (C=O) groups excluding carboxylic acids is 1. The van der Waals surface area contributed by atoms with Crippen molar-refractivity contribution in [2.75, 3.05) is 0 Å². The fraction of sp³-hybridized carbons (Fsp3) is 0.267. The van der Waals surface area contributed by atoms with Crippen LogP contribution in [0.3, 0.4) is 0 Å². The van der Waals surface area contributed by atoms with Crippen LogP contribution in [-0.4, -0.2) is 20.9 Å². The third-order valence-electron chi connectivity index (χ3n) is 3.39. The molecule has 0 saturated carbocycles. The van der Waals surface area contributed by atoms with Crippen LogP contribution < -0.4 is 5.32 Å². The van der Waals surface area contributed by atoms with Crippen molar-refractivity contribution in [3.8, 4) is 0 Å². The smallest absolute Gasteiger partial charge is 0.251 e. The van der Waals surface area contributed by atoms with E-state index >= 15 is 0 Å². The van der Waals surface area contributed by atoms with Gasteiger partial charge in [-0.25, -0.2) is 4.68 Å². The van der Waals surface area contributed by atoms with Crippen molar-refractivity contribution in [3.63, 3.8) is 0 Å². The third kappa shape index (κ3) is 2.52. The van der Waals surface area contributed by atoms with Gasteiger partial charge in [-0.05, 0) is 44.2 Å². The van der Waals surface area contributed by atoms with E-state index < -0.39 is 0 Å². The summed E-state index contributed by atoms with van der Waals surface area (Å²) >= 11 is 0. The largest absolute Gasteiger partial charge is 0.467 e. The summed E-state index contributed by atoms with van der Waals surface area (Å²) in [7, 11) is 0. The second-order valence-electron chi connectivity index (χ2n) is 4.82. The van der Waals surface area contributed by atoms with E-state index in [4.69, 9.17) is 4.42 Å². The molecule has 1 unspecified atom stereocenters. The van der Waals surface area contributed by atoms with Crippen LogP contribution in [0.25, 0.3) is 11.0 Å². The van der Waals surface area contributed by atoms with Crippen LogP contribution in [0.5, 0.6) is 0 Å². The predicted molar refractivity (Wildman–Crippen MR) is 77.8 cm³/mol. The molecule has 3 aromatic rings. The number of amides is 1. The summed E-state index contributed by atoms with van der Waals surface area (Å²) in [5.74, 6) is 0.563. The Kier molecular flexibility index (Phi) is 3.43. The van der Waals surface area contributed by atoms with E-state index in [9.17, 15) is 4.79 Å². The highest BCUT2D eigenvalue weighted by Gasteiger charge is 2.14. The molecule has 0 aliphatic rings. The van der Waals surface area contributed by atoms with Gasteiger partial charge in [-0.15, -0.1) is 5.10 Å². The minimum atomic E-state index is -0.186. The Morgan fingerprint density at radius 1 is 1.43 bits per heavy atom. The van der Waals surface area contributed by atoms with Gasteiger partial charge < -0.3 is 9.73 Å². The van der Waals surface area contributed by atoms with Gasteiger partial charge in [-0.3, -0.25) is 4.79 Å². The number of aromatic nitrogens is 3. The van der Waals surface area contributed by atoms with Gasteiger partial charge in [0.2, 0.25) is 0 Å². The second kappa shape index (κ2) is 5.40. The fourth-order valence-electron chi connectivity index (χ4n) is 2.24. The second-order valence-corrected chi connectivity index (χ2v) is 4.82. The average molecular weight is 284 g/mol. The number of benzene rings is 1. The molecular weight excluding hydrogens is 268 g/mol. The molecule has 0 fully saturated rings. The van der Waals surface area contributed by atoms with Crippen LogP contribution in [0.1, 0.15) is 36.0 Å². The number of nitrogens with one attached hydrogen (secondary N) is 1. The molecule has 6 nitrogen and oxygen atoms in total. The molecular formula is C15H16N4O2. The fourth-order valence-corrected chi connectivity index (χ4v) is 2.24. The van der Waals surface area contributed by atoms with Crippen LogP contribution in [0, 0.1) is 0 Å². The first-order valence-corrected chi connectivity index (χ1v) is 6.86. The number of hydrogen-bond donors (Lipinski definition) is 1. The zero-order valence-corrected chi connectivity index (χ0v) is 11.9. The highest BCUT2D eigenvalue weighted by atomic mass is 16.3. The van der Waals surface area contributed by atoms with Crippen molar-refractivity contribution in [2.45, 2.75) is 26.4 Å². The summed E-state index contributed by atoms with van der Waals surface area (Å²) in [6.45, 7) is 4.62. The molecule has 2 aromatic heterocycles. The van der Waals surface area contributed by atoms with Gasteiger partial charge in [0.25, 0.3) is 5.91 Å². The first-order chi connectivity index (χ1) is 10.2. The SMILES string of the molecule is CCn1nnc2cc(C(=O)NC(C)c3ccco3)ccc21. The molecule has 21 heavy (non-hydrogen) atoms. The van der Waals surface area contributed by atoms with Crippen molar-refractivity contribution < 1.29 is 9.21 Å². The van der Waals surface area contributed by atoms with Crippen LogP contribution in [0.15, 0.2) is 41.0 Å². The third-order valence-corrected chi connectivity index (χ3v) is 3.39. The summed E-state index contributed by atoms with van der Waals surface area (Å²) in [5.41, 5.74) is 2.20. The van der Waals surface area contributed by atoms with Gasteiger partial charge in [-0.2, -0.15) is 0 Å². The normalized spacial score (nSPS) is 12.5. The molecule has 1 N–H and O–H groups in total. The number of rotatable bonds is 4. The number of furan rings is 1. The molecule has 1 aromatic carbocycles. The average Bonchev–Trinajstić information content (AvgIpc) is 3.15. The maximum atomic E-state index is 12.3. The van der Waals surface area contributed by atoms with Gasteiger partial charge >= 0.3 is 0 Å². The quantitative estimate of drug-likeness (QED) is 0.799. The summed E-state index contributed by atoms with van der Waals surface area (Å²) in [6, 6.07) is 8.84. The Hall–Kier alpha value is -2.63. The molecule has 3 rings (SSSR count). The monoisotopic (exact) mass is 284 g/mol. The lowest BCUT2D eigenvalue weighted by Crippen LogP contribution is -2.26. The molecule has 2 heterocycles.